The number of nitrogens with one attached hydrogen (secondary N) is 1. The first-order valence-corrected chi connectivity index (χ1v) is 8.58. The van der Waals surface area contributed by atoms with Crippen molar-refractivity contribution in [3.63, 3.8) is 0 Å². The molecular weight excluding hydrogens is 341 g/mol. The fourth-order valence-electron chi connectivity index (χ4n) is 2.56. The van der Waals surface area contributed by atoms with E-state index in [1.165, 1.54) is 23.5 Å². The molecule has 25 heavy (non-hydrogen) atoms. The molecule has 0 saturated heterocycles. The standard InChI is InChI=1S/C19H14FNO3S/c20-13-3-1-2-4-14(13)21-19(22)18-8-7-17(25-18)12-5-6-15-16(11-12)24-10-9-23-15/h1-8,11H,9-10H2,(H,21,22). The van der Waals surface area contributed by atoms with Crippen molar-refractivity contribution in [1.82, 2.24) is 0 Å². The molecule has 0 atom stereocenters. The van der Waals surface area contributed by atoms with Crippen molar-refractivity contribution in [1.29, 1.82) is 0 Å². The van der Waals surface area contributed by atoms with Gasteiger partial charge in [-0.2, -0.15) is 0 Å². The monoisotopic (exact) mass is 355 g/mol. The van der Waals surface area contributed by atoms with Crippen molar-refractivity contribution in [2.45, 2.75) is 0 Å². The molecule has 1 aliphatic heterocycles. The number of thiophene rings is 1. The minimum Gasteiger partial charge on any atom is -0.486 e. The number of fused-ring (bicyclic) bond motifs is 1. The van der Waals surface area contributed by atoms with Crippen molar-refractivity contribution < 1.29 is 18.7 Å². The van der Waals surface area contributed by atoms with Gasteiger partial charge in [0.25, 0.3) is 5.91 Å². The Morgan fingerprint density at radius 3 is 2.64 bits per heavy atom. The van der Waals surface area contributed by atoms with Gasteiger partial charge in [0.1, 0.15) is 19.0 Å². The van der Waals surface area contributed by atoms with Crippen LogP contribution >= 0.6 is 11.3 Å². The van der Waals surface area contributed by atoms with Gasteiger partial charge in [-0.05, 0) is 48.0 Å². The van der Waals surface area contributed by atoms with Crippen molar-refractivity contribution in [2.24, 2.45) is 0 Å². The van der Waals surface area contributed by atoms with Gasteiger partial charge in [-0.25, -0.2) is 4.39 Å². The lowest BCUT2D eigenvalue weighted by molar-refractivity contribution is 0.103. The molecule has 2 aromatic carbocycles. The minimum absolute atomic E-state index is 0.168. The third-order valence-electron chi connectivity index (χ3n) is 3.78. The Hall–Kier alpha value is -2.86. The maximum Gasteiger partial charge on any atom is 0.265 e. The molecule has 6 heteroatoms. The van der Waals surface area contributed by atoms with Crippen molar-refractivity contribution in [2.75, 3.05) is 18.5 Å². The van der Waals surface area contributed by atoms with E-state index in [-0.39, 0.29) is 11.6 Å². The number of ether oxygens (including phenoxy) is 2. The molecule has 4 rings (SSSR count). The van der Waals surface area contributed by atoms with Crippen LogP contribution in [0, 0.1) is 5.82 Å². The summed E-state index contributed by atoms with van der Waals surface area (Å²) in [7, 11) is 0. The molecule has 0 aliphatic carbocycles. The lowest BCUT2D eigenvalue weighted by Gasteiger charge is -2.18. The number of anilines is 1. The van der Waals surface area contributed by atoms with E-state index >= 15 is 0 Å². The van der Waals surface area contributed by atoms with Gasteiger partial charge in [0, 0.05) is 4.88 Å². The largest absolute Gasteiger partial charge is 0.486 e. The van der Waals surface area contributed by atoms with Gasteiger partial charge in [-0.1, -0.05) is 12.1 Å². The molecule has 0 unspecified atom stereocenters. The number of carbonyl (C=O) groups is 1. The van der Waals surface area contributed by atoms with E-state index in [1.807, 2.05) is 24.3 Å². The first kappa shape index (κ1) is 15.7. The van der Waals surface area contributed by atoms with E-state index in [4.69, 9.17) is 9.47 Å². The van der Waals surface area contributed by atoms with Crippen LogP contribution in [0.1, 0.15) is 9.67 Å². The van der Waals surface area contributed by atoms with Gasteiger partial charge in [0.05, 0.1) is 10.6 Å². The van der Waals surface area contributed by atoms with E-state index in [1.54, 1.807) is 18.2 Å². The molecule has 1 amide bonds. The highest BCUT2D eigenvalue weighted by Gasteiger charge is 2.15. The Morgan fingerprint density at radius 1 is 1.00 bits per heavy atom. The third-order valence-corrected chi connectivity index (χ3v) is 4.91. The second-order valence-electron chi connectivity index (χ2n) is 5.46. The number of carbonyl (C=O) groups excluding carboxylic acids is 1. The second kappa shape index (κ2) is 6.57. The maximum absolute atomic E-state index is 13.7. The molecule has 2 heterocycles. The summed E-state index contributed by atoms with van der Waals surface area (Å²) in [5.41, 5.74) is 1.11. The highest BCUT2D eigenvalue weighted by molar-refractivity contribution is 7.17. The zero-order valence-corrected chi connectivity index (χ0v) is 13.9. The Bertz CT molecular complexity index is 938. The van der Waals surface area contributed by atoms with Crippen LogP contribution in [0.2, 0.25) is 0 Å². The first-order chi connectivity index (χ1) is 12.2. The van der Waals surface area contributed by atoms with Crippen molar-refractivity contribution in [3.8, 4) is 21.9 Å². The normalized spacial score (nSPS) is 12.7. The van der Waals surface area contributed by atoms with E-state index in [0.29, 0.717) is 23.8 Å². The van der Waals surface area contributed by atoms with Crippen LogP contribution in [0.3, 0.4) is 0 Å². The highest BCUT2D eigenvalue weighted by atomic mass is 32.1. The molecule has 126 valence electrons. The number of rotatable bonds is 3. The number of halogens is 1. The predicted octanol–water partition coefficient (Wildman–Crippen LogP) is 4.58. The fourth-order valence-corrected chi connectivity index (χ4v) is 3.46. The molecule has 1 aromatic heterocycles. The van der Waals surface area contributed by atoms with E-state index < -0.39 is 5.82 Å². The Kier molecular flexibility index (Phi) is 4.11. The fraction of sp³-hybridized carbons (Fsp3) is 0.105. The Morgan fingerprint density at radius 2 is 1.80 bits per heavy atom. The van der Waals surface area contributed by atoms with Crippen molar-refractivity contribution >= 4 is 22.9 Å². The van der Waals surface area contributed by atoms with Gasteiger partial charge in [-0.15, -0.1) is 11.3 Å². The summed E-state index contributed by atoms with van der Waals surface area (Å²) >= 11 is 1.34. The van der Waals surface area contributed by atoms with Gasteiger partial charge >= 0.3 is 0 Å². The maximum atomic E-state index is 13.7. The summed E-state index contributed by atoms with van der Waals surface area (Å²) in [6.07, 6.45) is 0. The van der Waals surface area contributed by atoms with E-state index in [0.717, 1.165) is 16.2 Å². The zero-order chi connectivity index (χ0) is 17.2. The number of para-hydroxylation sites is 1. The summed E-state index contributed by atoms with van der Waals surface area (Å²) in [5.74, 6) is 0.636. The third kappa shape index (κ3) is 3.21. The lowest BCUT2D eigenvalue weighted by Crippen LogP contribution is -2.15. The summed E-state index contributed by atoms with van der Waals surface area (Å²) in [5, 5.41) is 2.59. The highest BCUT2D eigenvalue weighted by Crippen LogP contribution is 2.37. The lowest BCUT2D eigenvalue weighted by atomic mass is 10.1. The van der Waals surface area contributed by atoms with Gasteiger partial charge in [0.15, 0.2) is 11.5 Å². The molecule has 4 nitrogen and oxygen atoms in total. The number of benzene rings is 2. The summed E-state index contributed by atoms with van der Waals surface area (Å²) in [6.45, 7) is 1.07. The SMILES string of the molecule is O=C(Nc1ccccc1F)c1ccc(-c2ccc3c(c2)OCCO3)s1. The van der Waals surface area contributed by atoms with Crippen LogP contribution in [0.5, 0.6) is 11.5 Å². The molecule has 1 aliphatic rings. The smallest absolute Gasteiger partial charge is 0.265 e. The average Bonchev–Trinajstić information content (AvgIpc) is 3.13. The molecule has 0 spiro atoms. The molecule has 0 saturated carbocycles. The summed E-state index contributed by atoms with van der Waals surface area (Å²) in [6, 6.07) is 15.4. The molecule has 0 fully saturated rings. The van der Waals surface area contributed by atoms with Crippen LogP contribution in [0.4, 0.5) is 10.1 Å². The van der Waals surface area contributed by atoms with Crippen molar-refractivity contribution in [3.05, 3.63) is 65.3 Å². The number of amides is 1. The molecule has 0 bridgehead atoms. The predicted molar refractivity (Wildman–Crippen MR) is 95.1 cm³/mol. The van der Waals surface area contributed by atoms with E-state index in [9.17, 15) is 9.18 Å². The van der Waals surface area contributed by atoms with Crippen LogP contribution < -0.4 is 14.8 Å². The summed E-state index contributed by atoms with van der Waals surface area (Å²) < 4.78 is 24.8. The molecule has 1 N–H and O–H groups in total. The van der Waals surface area contributed by atoms with Crippen LogP contribution in [0.15, 0.2) is 54.6 Å². The van der Waals surface area contributed by atoms with Crippen LogP contribution in [-0.2, 0) is 0 Å². The quantitative estimate of drug-likeness (QED) is 0.748. The Balaban J connectivity index is 1.56. The summed E-state index contributed by atoms with van der Waals surface area (Å²) in [4.78, 5) is 13.8. The second-order valence-corrected chi connectivity index (χ2v) is 6.54. The topological polar surface area (TPSA) is 47.6 Å². The average molecular weight is 355 g/mol. The Labute approximate surface area is 147 Å². The molecule has 0 radical (unpaired) electrons. The van der Waals surface area contributed by atoms with Gasteiger partial charge in [-0.3, -0.25) is 4.79 Å². The number of hydrogen-bond donors (Lipinski definition) is 1. The minimum atomic E-state index is -0.459. The first-order valence-electron chi connectivity index (χ1n) is 7.76. The van der Waals surface area contributed by atoms with Gasteiger partial charge < -0.3 is 14.8 Å². The van der Waals surface area contributed by atoms with E-state index in [2.05, 4.69) is 5.32 Å². The molecular formula is C19H14FNO3S. The van der Waals surface area contributed by atoms with Gasteiger partial charge in [0.2, 0.25) is 0 Å². The molecule has 3 aromatic rings. The number of hydrogen-bond acceptors (Lipinski definition) is 4. The van der Waals surface area contributed by atoms with Crippen LogP contribution in [-0.4, -0.2) is 19.1 Å². The zero-order valence-electron chi connectivity index (χ0n) is 13.1. The van der Waals surface area contributed by atoms with Crippen LogP contribution in [0.25, 0.3) is 10.4 Å².